The van der Waals surface area contributed by atoms with E-state index in [2.05, 4.69) is 6.92 Å². The van der Waals surface area contributed by atoms with Crippen LogP contribution < -0.4 is 0 Å². The van der Waals surface area contributed by atoms with Crippen LogP contribution in [0.4, 0.5) is 0 Å². The van der Waals surface area contributed by atoms with Gasteiger partial charge < -0.3 is 20.1 Å². The van der Waals surface area contributed by atoms with E-state index in [1.54, 1.807) is 0 Å². The normalized spacial score (nSPS) is 14.5. The van der Waals surface area contributed by atoms with Crippen molar-refractivity contribution in [1.82, 2.24) is 0 Å². The summed E-state index contributed by atoms with van der Waals surface area (Å²) in [6, 6.07) is 0. The van der Waals surface area contributed by atoms with Gasteiger partial charge in [-0.3, -0.25) is 0 Å². The van der Waals surface area contributed by atoms with Crippen molar-refractivity contribution < 1.29 is 20.1 Å². The molecule has 19 heavy (non-hydrogen) atoms. The third-order valence-corrected chi connectivity index (χ3v) is 3.26. The monoisotopic (exact) mass is 276 g/mol. The van der Waals surface area contributed by atoms with E-state index in [4.69, 9.17) is 14.9 Å². The lowest BCUT2D eigenvalue weighted by molar-refractivity contribution is -0.00390. The highest BCUT2D eigenvalue weighted by molar-refractivity contribution is 4.57. The zero-order valence-corrected chi connectivity index (χ0v) is 12.4. The second-order valence-electron chi connectivity index (χ2n) is 5.26. The van der Waals surface area contributed by atoms with Crippen LogP contribution in [-0.2, 0) is 4.74 Å². The van der Waals surface area contributed by atoms with Gasteiger partial charge in [0.15, 0.2) is 0 Å². The number of unbranched alkanes of at least 4 members (excludes halogenated alkanes) is 6. The largest absolute Gasteiger partial charge is 0.394 e. The van der Waals surface area contributed by atoms with Crippen molar-refractivity contribution in [3.63, 3.8) is 0 Å². The van der Waals surface area contributed by atoms with Crippen molar-refractivity contribution in [2.45, 2.75) is 76.9 Å². The maximum atomic E-state index is 9.72. The van der Waals surface area contributed by atoms with Crippen LogP contribution in [0.2, 0.25) is 0 Å². The molecule has 0 aromatic rings. The highest BCUT2D eigenvalue weighted by Gasteiger charge is 2.05. The van der Waals surface area contributed by atoms with E-state index in [0.29, 0.717) is 13.0 Å². The molecule has 0 saturated carbocycles. The molecule has 0 amide bonds. The number of ether oxygens (including phenoxy) is 1. The second kappa shape index (κ2) is 14.3. The summed E-state index contributed by atoms with van der Waals surface area (Å²) >= 11 is 0. The summed E-state index contributed by atoms with van der Waals surface area (Å²) in [5.74, 6) is 0. The molecule has 0 bridgehead atoms. The molecular formula is C15H32O4. The van der Waals surface area contributed by atoms with Crippen LogP contribution in [0.5, 0.6) is 0 Å². The fraction of sp³-hybridized carbons (Fsp3) is 1.00. The van der Waals surface area contributed by atoms with Crippen molar-refractivity contribution in [3.8, 4) is 0 Å². The van der Waals surface area contributed by atoms with Crippen molar-refractivity contribution in [2.24, 2.45) is 0 Å². The first-order valence-electron chi connectivity index (χ1n) is 7.75. The summed E-state index contributed by atoms with van der Waals surface area (Å²) in [5.41, 5.74) is 0. The van der Waals surface area contributed by atoms with E-state index in [1.807, 2.05) is 0 Å². The standard InChI is InChI=1S/C15H32O4/c1-2-3-4-5-6-7-8-9-14(17)10-11-19-13-15(18)12-16/h14-18H,2-13H2,1H3. The number of hydrogen-bond donors (Lipinski definition) is 3. The molecule has 2 unspecified atom stereocenters. The summed E-state index contributed by atoms with van der Waals surface area (Å²) in [7, 11) is 0. The number of aliphatic hydroxyl groups is 3. The van der Waals surface area contributed by atoms with E-state index in [9.17, 15) is 5.11 Å². The van der Waals surface area contributed by atoms with Gasteiger partial charge in [-0.05, 0) is 12.8 Å². The highest BCUT2D eigenvalue weighted by atomic mass is 16.5. The Hall–Kier alpha value is -0.160. The molecule has 0 rings (SSSR count). The van der Waals surface area contributed by atoms with Gasteiger partial charge in [0.2, 0.25) is 0 Å². The van der Waals surface area contributed by atoms with Crippen molar-refractivity contribution >= 4 is 0 Å². The lowest BCUT2D eigenvalue weighted by atomic mass is 10.1. The molecule has 3 N–H and O–H groups in total. The Kier molecular flexibility index (Phi) is 14.1. The summed E-state index contributed by atoms with van der Waals surface area (Å²) < 4.78 is 5.16. The van der Waals surface area contributed by atoms with E-state index in [0.717, 1.165) is 12.8 Å². The van der Waals surface area contributed by atoms with Gasteiger partial charge in [-0.25, -0.2) is 0 Å². The average Bonchev–Trinajstić information content (AvgIpc) is 2.42. The van der Waals surface area contributed by atoms with Crippen LogP contribution in [0.3, 0.4) is 0 Å². The molecule has 0 spiro atoms. The van der Waals surface area contributed by atoms with E-state index < -0.39 is 6.10 Å². The maximum Gasteiger partial charge on any atom is 0.100 e. The summed E-state index contributed by atoms with van der Waals surface area (Å²) in [4.78, 5) is 0. The van der Waals surface area contributed by atoms with Crippen molar-refractivity contribution in [1.29, 1.82) is 0 Å². The molecule has 0 aliphatic heterocycles. The highest BCUT2D eigenvalue weighted by Crippen LogP contribution is 2.11. The fourth-order valence-corrected chi connectivity index (χ4v) is 1.97. The minimum Gasteiger partial charge on any atom is -0.394 e. The van der Waals surface area contributed by atoms with Crippen LogP contribution in [0, 0.1) is 0 Å². The third kappa shape index (κ3) is 14.1. The lowest BCUT2D eigenvalue weighted by Crippen LogP contribution is -2.21. The molecule has 0 aromatic heterocycles. The van der Waals surface area contributed by atoms with E-state index in [-0.39, 0.29) is 19.3 Å². The minimum atomic E-state index is -0.805. The van der Waals surface area contributed by atoms with Gasteiger partial charge in [0, 0.05) is 6.61 Å². The maximum absolute atomic E-state index is 9.72. The van der Waals surface area contributed by atoms with Gasteiger partial charge >= 0.3 is 0 Å². The van der Waals surface area contributed by atoms with Crippen LogP contribution >= 0.6 is 0 Å². The molecule has 0 aliphatic carbocycles. The number of hydrogen-bond acceptors (Lipinski definition) is 4. The van der Waals surface area contributed by atoms with E-state index in [1.165, 1.54) is 38.5 Å². The molecule has 0 aromatic carbocycles. The Morgan fingerprint density at radius 1 is 0.842 bits per heavy atom. The molecule has 0 aliphatic rings. The topological polar surface area (TPSA) is 69.9 Å². The van der Waals surface area contributed by atoms with Gasteiger partial charge in [0.1, 0.15) is 6.10 Å². The fourth-order valence-electron chi connectivity index (χ4n) is 1.97. The Balaban J connectivity index is 3.19. The molecule has 4 heteroatoms. The van der Waals surface area contributed by atoms with Gasteiger partial charge in [-0.1, -0.05) is 51.9 Å². The summed E-state index contributed by atoms with van der Waals surface area (Å²) in [6.07, 6.45) is 9.13. The number of aliphatic hydroxyl groups excluding tert-OH is 3. The molecule has 0 fully saturated rings. The predicted molar refractivity (Wildman–Crippen MR) is 77.1 cm³/mol. The van der Waals surface area contributed by atoms with Gasteiger partial charge in [-0.2, -0.15) is 0 Å². The van der Waals surface area contributed by atoms with Crippen LogP contribution in [-0.4, -0.2) is 47.3 Å². The number of rotatable bonds is 14. The molecule has 0 heterocycles. The third-order valence-electron chi connectivity index (χ3n) is 3.26. The first-order valence-corrected chi connectivity index (χ1v) is 7.75. The zero-order chi connectivity index (χ0) is 14.3. The Bertz CT molecular complexity index is 176. The van der Waals surface area contributed by atoms with Gasteiger partial charge in [0.05, 0.1) is 19.3 Å². The molecule has 0 radical (unpaired) electrons. The Morgan fingerprint density at radius 3 is 2.11 bits per heavy atom. The van der Waals surface area contributed by atoms with Gasteiger partial charge in [-0.15, -0.1) is 0 Å². The molecule has 2 atom stereocenters. The molecule has 116 valence electrons. The Labute approximate surface area is 117 Å². The zero-order valence-electron chi connectivity index (χ0n) is 12.4. The predicted octanol–water partition coefficient (Wildman–Crippen LogP) is 2.25. The SMILES string of the molecule is CCCCCCCCCC(O)CCOCC(O)CO. The van der Waals surface area contributed by atoms with Crippen molar-refractivity contribution in [3.05, 3.63) is 0 Å². The molecule has 0 saturated heterocycles. The van der Waals surface area contributed by atoms with Crippen LogP contribution in [0.25, 0.3) is 0 Å². The lowest BCUT2D eigenvalue weighted by Gasteiger charge is -2.12. The van der Waals surface area contributed by atoms with Crippen molar-refractivity contribution in [2.75, 3.05) is 19.8 Å². The quantitative estimate of drug-likeness (QED) is 0.426. The molecular weight excluding hydrogens is 244 g/mol. The Morgan fingerprint density at radius 2 is 1.47 bits per heavy atom. The smallest absolute Gasteiger partial charge is 0.100 e. The first-order chi connectivity index (χ1) is 9.20. The second-order valence-corrected chi connectivity index (χ2v) is 5.26. The van der Waals surface area contributed by atoms with E-state index >= 15 is 0 Å². The van der Waals surface area contributed by atoms with Crippen LogP contribution in [0.15, 0.2) is 0 Å². The van der Waals surface area contributed by atoms with Crippen LogP contribution in [0.1, 0.15) is 64.7 Å². The minimum absolute atomic E-state index is 0.140. The molecule has 4 nitrogen and oxygen atoms in total. The first kappa shape index (κ1) is 18.8. The summed E-state index contributed by atoms with van der Waals surface area (Å²) in [5, 5.41) is 27.4. The van der Waals surface area contributed by atoms with Gasteiger partial charge in [0.25, 0.3) is 0 Å². The average molecular weight is 276 g/mol. The summed E-state index contributed by atoms with van der Waals surface area (Å²) in [6.45, 7) is 2.52.